The molecule has 0 radical (unpaired) electrons. The van der Waals surface area contributed by atoms with Crippen LogP contribution in [0.4, 0.5) is 18.9 Å². The van der Waals surface area contributed by atoms with Crippen molar-refractivity contribution >= 4 is 29.7 Å². The van der Waals surface area contributed by atoms with Crippen LogP contribution in [-0.4, -0.2) is 5.11 Å². The molecule has 128 valence electrons. The van der Waals surface area contributed by atoms with Gasteiger partial charge in [0.05, 0.1) is 16.3 Å². The van der Waals surface area contributed by atoms with E-state index in [0.29, 0.717) is 6.42 Å². The first-order valence-corrected chi connectivity index (χ1v) is 6.86. The van der Waals surface area contributed by atoms with Crippen molar-refractivity contribution in [2.75, 3.05) is 5.73 Å². The average molecular weight is 361 g/mol. The zero-order valence-corrected chi connectivity index (χ0v) is 14.2. The fourth-order valence-electron chi connectivity index (χ4n) is 2.06. The van der Waals surface area contributed by atoms with Gasteiger partial charge in [-0.25, -0.2) is 0 Å². The van der Waals surface area contributed by atoms with E-state index in [2.05, 4.69) is 0 Å². The molecule has 0 spiro atoms. The molecule has 0 aromatic heterocycles. The second-order valence-electron chi connectivity index (χ2n) is 6.04. The third kappa shape index (κ3) is 4.91. The fourth-order valence-corrected chi connectivity index (χ4v) is 2.28. The molecule has 8 heteroatoms. The van der Waals surface area contributed by atoms with Crippen molar-refractivity contribution in [2.24, 2.45) is 11.1 Å². The van der Waals surface area contributed by atoms with Crippen LogP contribution in [-0.2, 0) is 11.9 Å². The van der Waals surface area contributed by atoms with Crippen LogP contribution in [0.1, 0.15) is 44.7 Å². The lowest BCUT2D eigenvalue weighted by Gasteiger charge is -2.33. The molecule has 0 aliphatic rings. The predicted molar refractivity (Wildman–Crippen MR) is 84.9 cm³/mol. The van der Waals surface area contributed by atoms with Crippen LogP contribution >= 0.6 is 24.0 Å². The summed E-state index contributed by atoms with van der Waals surface area (Å²) in [6.07, 6.45) is -3.87. The Kier molecular flexibility index (Phi) is 6.61. The molecule has 0 heterocycles. The summed E-state index contributed by atoms with van der Waals surface area (Å²) in [5.74, 6) is 0. The molecule has 3 nitrogen and oxygen atoms in total. The van der Waals surface area contributed by atoms with Gasteiger partial charge in [-0.3, -0.25) is 5.73 Å². The van der Waals surface area contributed by atoms with Gasteiger partial charge in [0.15, 0.2) is 0 Å². The topological polar surface area (TPSA) is 72.3 Å². The molecule has 0 fully saturated rings. The Hall–Kier alpha value is -0.690. The van der Waals surface area contributed by atoms with E-state index in [1.54, 1.807) is 0 Å². The van der Waals surface area contributed by atoms with Crippen molar-refractivity contribution in [2.45, 2.75) is 45.5 Å². The molecule has 1 rings (SSSR count). The van der Waals surface area contributed by atoms with E-state index in [1.165, 1.54) is 6.07 Å². The van der Waals surface area contributed by atoms with E-state index in [9.17, 15) is 18.3 Å². The summed E-state index contributed by atoms with van der Waals surface area (Å²) in [4.78, 5) is 0. The Morgan fingerprint density at radius 1 is 1.23 bits per heavy atom. The number of aliphatic hydroxyl groups is 1. The first-order chi connectivity index (χ1) is 9.30. The van der Waals surface area contributed by atoms with E-state index in [-0.39, 0.29) is 34.8 Å². The number of hydrogen-bond donors (Lipinski definition) is 3. The molecule has 1 aromatic rings. The maximum Gasteiger partial charge on any atom is 0.418 e. The number of nitrogens with two attached hydrogens (primary N) is 2. The van der Waals surface area contributed by atoms with Gasteiger partial charge >= 0.3 is 6.18 Å². The van der Waals surface area contributed by atoms with Gasteiger partial charge in [-0.1, -0.05) is 38.8 Å². The lowest BCUT2D eigenvalue weighted by atomic mass is 9.79. The molecular weight excluding hydrogens is 340 g/mol. The van der Waals surface area contributed by atoms with Crippen LogP contribution in [0.3, 0.4) is 0 Å². The van der Waals surface area contributed by atoms with Gasteiger partial charge < -0.3 is 10.8 Å². The highest BCUT2D eigenvalue weighted by molar-refractivity contribution is 6.33. The number of alkyl halides is 3. The number of nitrogen functional groups attached to an aromatic ring is 1. The van der Waals surface area contributed by atoms with E-state index in [1.807, 2.05) is 20.8 Å². The standard InChI is InChI=1S/C14H20ClF3N2O.ClH/c1-4-12(2,3)7-13(20,21)8-5-9(14(16,17)18)11(19)10(15)6-8;/h5-6,21H,4,7,19-20H2,1-3H3;1H. The monoisotopic (exact) mass is 360 g/mol. The van der Waals surface area contributed by atoms with E-state index in [4.69, 9.17) is 23.1 Å². The van der Waals surface area contributed by atoms with Crippen molar-refractivity contribution in [3.8, 4) is 0 Å². The van der Waals surface area contributed by atoms with E-state index in [0.717, 1.165) is 6.07 Å². The summed E-state index contributed by atoms with van der Waals surface area (Å²) in [5, 5.41) is 10.1. The smallest absolute Gasteiger partial charge is 0.397 e. The van der Waals surface area contributed by atoms with Gasteiger partial charge in [0, 0.05) is 5.56 Å². The van der Waals surface area contributed by atoms with Crippen molar-refractivity contribution < 1.29 is 18.3 Å². The van der Waals surface area contributed by atoms with Gasteiger partial charge in [0.25, 0.3) is 0 Å². The minimum Gasteiger partial charge on any atom is -0.397 e. The average Bonchev–Trinajstić information content (AvgIpc) is 2.29. The van der Waals surface area contributed by atoms with Crippen LogP contribution in [0.15, 0.2) is 12.1 Å². The minimum atomic E-state index is -4.67. The maximum absolute atomic E-state index is 12.9. The number of benzene rings is 1. The molecule has 0 saturated carbocycles. The summed E-state index contributed by atoms with van der Waals surface area (Å²) in [5.41, 5.74) is 7.16. The molecule has 0 aliphatic heterocycles. The minimum absolute atomic E-state index is 0. The third-order valence-electron chi connectivity index (χ3n) is 3.64. The Morgan fingerprint density at radius 2 is 1.73 bits per heavy atom. The summed E-state index contributed by atoms with van der Waals surface area (Å²) >= 11 is 5.74. The SMILES string of the molecule is CCC(C)(C)CC(N)(O)c1cc(Cl)c(N)c(C(F)(F)F)c1.Cl. The zero-order valence-electron chi connectivity index (χ0n) is 12.6. The summed E-state index contributed by atoms with van der Waals surface area (Å²) < 4.78 is 38.8. The van der Waals surface area contributed by atoms with Crippen molar-refractivity contribution in [1.82, 2.24) is 0 Å². The number of hydrogen-bond acceptors (Lipinski definition) is 3. The predicted octanol–water partition coefficient (Wildman–Crippen LogP) is 4.29. The molecule has 0 aliphatic carbocycles. The molecule has 22 heavy (non-hydrogen) atoms. The largest absolute Gasteiger partial charge is 0.418 e. The lowest BCUT2D eigenvalue weighted by Crippen LogP contribution is -2.41. The molecule has 1 aromatic carbocycles. The first-order valence-electron chi connectivity index (χ1n) is 6.48. The first kappa shape index (κ1) is 21.3. The molecule has 0 saturated heterocycles. The molecule has 1 unspecified atom stereocenters. The highest BCUT2D eigenvalue weighted by atomic mass is 35.5. The van der Waals surface area contributed by atoms with E-state index >= 15 is 0 Å². The quantitative estimate of drug-likeness (QED) is 0.553. The second kappa shape index (κ2) is 6.83. The van der Waals surface area contributed by atoms with Crippen LogP contribution in [0.2, 0.25) is 5.02 Å². The van der Waals surface area contributed by atoms with Crippen LogP contribution in [0.25, 0.3) is 0 Å². The molecule has 5 N–H and O–H groups in total. The van der Waals surface area contributed by atoms with Crippen molar-refractivity contribution in [3.05, 3.63) is 28.3 Å². The second-order valence-corrected chi connectivity index (χ2v) is 6.44. The number of anilines is 1. The summed E-state index contributed by atoms with van der Waals surface area (Å²) in [7, 11) is 0. The molecule has 0 amide bonds. The van der Waals surface area contributed by atoms with E-state index < -0.39 is 23.2 Å². The Bertz CT molecular complexity index is 532. The highest BCUT2D eigenvalue weighted by Crippen LogP contribution is 2.41. The Balaban J connectivity index is 0.00000441. The zero-order chi connectivity index (χ0) is 16.6. The van der Waals surface area contributed by atoms with Crippen LogP contribution < -0.4 is 11.5 Å². The van der Waals surface area contributed by atoms with Gasteiger partial charge in [0.2, 0.25) is 0 Å². The van der Waals surface area contributed by atoms with Gasteiger partial charge in [-0.15, -0.1) is 12.4 Å². The van der Waals surface area contributed by atoms with Gasteiger partial charge in [0.1, 0.15) is 5.72 Å². The van der Waals surface area contributed by atoms with Gasteiger partial charge in [-0.2, -0.15) is 13.2 Å². The lowest BCUT2D eigenvalue weighted by molar-refractivity contribution is -0.137. The van der Waals surface area contributed by atoms with Gasteiger partial charge in [-0.05, 0) is 24.0 Å². The van der Waals surface area contributed by atoms with Crippen molar-refractivity contribution in [1.29, 1.82) is 0 Å². The summed E-state index contributed by atoms with van der Waals surface area (Å²) in [6, 6.07) is 1.94. The third-order valence-corrected chi connectivity index (χ3v) is 3.95. The van der Waals surface area contributed by atoms with Crippen LogP contribution in [0, 0.1) is 5.41 Å². The van der Waals surface area contributed by atoms with Crippen LogP contribution in [0.5, 0.6) is 0 Å². The summed E-state index contributed by atoms with van der Waals surface area (Å²) in [6.45, 7) is 5.65. The number of rotatable bonds is 4. The molecule has 0 bridgehead atoms. The normalized spacial score (nSPS) is 15.1. The molecule has 1 atom stereocenters. The Morgan fingerprint density at radius 3 is 2.14 bits per heavy atom. The van der Waals surface area contributed by atoms with Crippen molar-refractivity contribution in [3.63, 3.8) is 0 Å². The maximum atomic E-state index is 12.9. The Labute approximate surface area is 139 Å². The highest BCUT2D eigenvalue weighted by Gasteiger charge is 2.38. The molecular formula is C14H21Cl2F3N2O. The fraction of sp³-hybridized carbons (Fsp3) is 0.571. The number of halogens is 5.